The van der Waals surface area contributed by atoms with Crippen LogP contribution in [0.4, 0.5) is 0 Å². The maximum absolute atomic E-state index is 11.9. The second-order valence-electron chi connectivity index (χ2n) is 9.88. The van der Waals surface area contributed by atoms with Crippen molar-refractivity contribution in [3.63, 3.8) is 0 Å². The van der Waals surface area contributed by atoms with E-state index in [9.17, 15) is 4.79 Å². The number of unbranched alkanes of at least 4 members (excludes halogenated alkanes) is 1. The molecular weight excluding hydrogens is 378 g/mol. The quantitative estimate of drug-likeness (QED) is 0.210. The fourth-order valence-electron chi connectivity index (χ4n) is 3.40. The predicted molar refractivity (Wildman–Crippen MR) is 123 cm³/mol. The topological polar surface area (TPSA) is 48.4 Å². The van der Waals surface area contributed by atoms with Gasteiger partial charge in [0.1, 0.15) is 0 Å². The van der Waals surface area contributed by atoms with E-state index in [1.807, 2.05) is 25.4 Å². The first-order valence-electron chi connectivity index (χ1n) is 11.2. The zero-order valence-corrected chi connectivity index (χ0v) is 20.8. The molecule has 0 aromatic carbocycles. The van der Waals surface area contributed by atoms with E-state index in [0.29, 0.717) is 5.92 Å². The summed E-state index contributed by atoms with van der Waals surface area (Å²) in [5, 5.41) is 0.262. The summed E-state index contributed by atoms with van der Waals surface area (Å²) in [6.07, 6.45) is 11.4. The smallest absolute Gasteiger partial charge is 0.308 e. The molecule has 5 heteroatoms. The summed E-state index contributed by atoms with van der Waals surface area (Å²) >= 11 is 0. The molecule has 0 amide bonds. The lowest BCUT2D eigenvalue weighted by molar-refractivity contribution is -0.145. The van der Waals surface area contributed by atoms with Gasteiger partial charge in [0.15, 0.2) is 8.32 Å². The number of methoxy groups -OCH3 is 1. The number of hydrogen-bond acceptors (Lipinski definition) is 4. The van der Waals surface area contributed by atoms with E-state index in [1.54, 1.807) is 0 Å². The fraction of sp³-hybridized carbons (Fsp3) is 0.750. The number of carbonyl (C=O) groups excluding carboxylic acids is 1. The largest absolute Gasteiger partial charge is 0.469 e. The minimum Gasteiger partial charge on any atom is -0.469 e. The summed E-state index contributed by atoms with van der Waals surface area (Å²) in [5.74, 6) is 0.420. The normalized spacial score (nSPS) is 14.4. The number of esters is 1. The van der Waals surface area contributed by atoms with Crippen LogP contribution in [-0.2, 0) is 20.4 Å². The Labute approximate surface area is 179 Å². The molecule has 0 bridgehead atoms. The molecule has 1 aromatic heterocycles. The molecule has 29 heavy (non-hydrogen) atoms. The molecule has 0 saturated carbocycles. The van der Waals surface area contributed by atoms with Gasteiger partial charge in [0, 0.05) is 19.0 Å². The third-order valence-electron chi connectivity index (χ3n) is 6.37. The Morgan fingerprint density at radius 1 is 1.17 bits per heavy atom. The fourth-order valence-corrected chi connectivity index (χ4v) is 4.48. The highest BCUT2D eigenvalue weighted by Gasteiger charge is 2.36. The molecule has 1 aromatic rings. The van der Waals surface area contributed by atoms with Crippen LogP contribution in [0.5, 0.6) is 0 Å². The van der Waals surface area contributed by atoms with E-state index in [-0.39, 0.29) is 16.9 Å². The molecule has 0 radical (unpaired) electrons. The van der Waals surface area contributed by atoms with Crippen molar-refractivity contribution in [2.45, 2.75) is 90.8 Å². The Balaban J connectivity index is 2.45. The summed E-state index contributed by atoms with van der Waals surface area (Å²) in [4.78, 5) is 16.1. The van der Waals surface area contributed by atoms with Crippen LogP contribution in [-0.4, -0.2) is 33.0 Å². The summed E-state index contributed by atoms with van der Waals surface area (Å²) in [7, 11) is -0.173. The standard InChI is InChI=1S/C24H43NO3Si/c1-20(23(26)27-5)18-21(13-10-14-22-15-11-16-25-19-22)12-8-9-17-28-29(6,7)24(2,3)4/h11,15-16,19-21H,8-10,12-14,17-18H2,1-7H3. The van der Waals surface area contributed by atoms with Gasteiger partial charge in [-0.15, -0.1) is 0 Å². The SMILES string of the molecule is COC(=O)C(C)CC(CCCCO[Si](C)(C)C(C)(C)C)CCCc1cccnc1. The second-order valence-corrected chi connectivity index (χ2v) is 14.7. The average molecular weight is 422 g/mol. The molecule has 0 aliphatic carbocycles. The Hall–Kier alpha value is -1.20. The van der Waals surface area contributed by atoms with Crippen molar-refractivity contribution < 1.29 is 14.0 Å². The number of hydrogen-bond donors (Lipinski definition) is 0. The van der Waals surface area contributed by atoms with Crippen molar-refractivity contribution in [2.24, 2.45) is 11.8 Å². The van der Waals surface area contributed by atoms with Crippen molar-refractivity contribution in [3.8, 4) is 0 Å². The molecular formula is C24H43NO3Si. The van der Waals surface area contributed by atoms with Crippen LogP contribution in [0.1, 0.15) is 71.8 Å². The van der Waals surface area contributed by atoms with E-state index >= 15 is 0 Å². The molecule has 0 aliphatic rings. The Bertz CT molecular complexity index is 584. The van der Waals surface area contributed by atoms with Crippen LogP contribution in [0.3, 0.4) is 0 Å². The maximum Gasteiger partial charge on any atom is 0.308 e. The van der Waals surface area contributed by atoms with E-state index in [4.69, 9.17) is 9.16 Å². The number of aromatic nitrogens is 1. The van der Waals surface area contributed by atoms with Crippen molar-refractivity contribution in [2.75, 3.05) is 13.7 Å². The van der Waals surface area contributed by atoms with Crippen molar-refractivity contribution >= 4 is 14.3 Å². The molecule has 0 aliphatic heterocycles. The van der Waals surface area contributed by atoms with Gasteiger partial charge in [-0.25, -0.2) is 0 Å². The molecule has 4 nitrogen and oxygen atoms in total. The minimum atomic E-state index is -1.65. The van der Waals surface area contributed by atoms with Crippen LogP contribution in [0.15, 0.2) is 24.5 Å². The molecule has 2 atom stereocenters. The third-order valence-corrected chi connectivity index (χ3v) is 10.9. The number of ether oxygens (including phenoxy) is 1. The molecule has 1 rings (SSSR count). The summed E-state index contributed by atoms with van der Waals surface area (Å²) < 4.78 is 11.2. The monoisotopic (exact) mass is 421 g/mol. The van der Waals surface area contributed by atoms with Gasteiger partial charge in [0.05, 0.1) is 13.0 Å². The molecule has 0 spiro atoms. The van der Waals surface area contributed by atoms with Crippen molar-refractivity contribution in [1.82, 2.24) is 4.98 Å². The van der Waals surface area contributed by atoms with Gasteiger partial charge >= 0.3 is 5.97 Å². The highest BCUT2D eigenvalue weighted by Crippen LogP contribution is 2.36. The second kappa shape index (κ2) is 12.5. The third kappa shape index (κ3) is 9.90. The van der Waals surface area contributed by atoms with Crippen LogP contribution in [0.2, 0.25) is 18.1 Å². The number of carbonyl (C=O) groups is 1. The predicted octanol–water partition coefficient (Wildman–Crippen LogP) is 6.41. The van der Waals surface area contributed by atoms with Gasteiger partial charge in [-0.1, -0.05) is 53.0 Å². The van der Waals surface area contributed by atoms with Gasteiger partial charge in [-0.2, -0.15) is 0 Å². The molecule has 0 N–H and O–H groups in total. The molecule has 2 unspecified atom stereocenters. The number of rotatable bonds is 13. The molecule has 0 fully saturated rings. The van der Waals surface area contributed by atoms with E-state index in [1.165, 1.54) is 12.7 Å². The van der Waals surface area contributed by atoms with Crippen LogP contribution in [0, 0.1) is 11.8 Å². The number of aryl methyl sites for hydroxylation is 1. The van der Waals surface area contributed by atoms with Gasteiger partial charge in [-0.05, 0) is 61.4 Å². The van der Waals surface area contributed by atoms with Crippen molar-refractivity contribution in [1.29, 1.82) is 0 Å². The minimum absolute atomic E-state index is 0.0353. The number of pyridine rings is 1. The lowest BCUT2D eigenvalue weighted by atomic mass is 9.87. The first kappa shape index (κ1) is 25.8. The first-order chi connectivity index (χ1) is 13.6. The lowest BCUT2D eigenvalue weighted by Gasteiger charge is -2.36. The van der Waals surface area contributed by atoms with E-state index < -0.39 is 8.32 Å². The summed E-state index contributed by atoms with van der Waals surface area (Å²) in [6.45, 7) is 14.3. The summed E-state index contributed by atoms with van der Waals surface area (Å²) in [5.41, 5.74) is 1.29. The van der Waals surface area contributed by atoms with E-state index in [2.05, 4.69) is 44.9 Å². The Kier molecular flexibility index (Phi) is 11.1. The zero-order chi connectivity index (χ0) is 21.9. The van der Waals surface area contributed by atoms with Gasteiger partial charge < -0.3 is 9.16 Å². The van der Waals surface area contributed by atoms with Crippen LogP contribution in [0.25, 0.3) is 0 Å². The molecule has 1 heterocycles. The Morgan fingerprint density at radius 3 is 2.45 bits per heavy atom. The zero-order valence-electron chi connectivity index (χ0n) is 19.8. The molecule has 0 saturated heterocycles. The van der Waals surface area contributed by atoms with Gasteiger partial charge in [0.25, 0.3) is 0 Å². The van der Waals surface area contributed by atoms with Gasteiger partial charge in [-0.3, -0.25) is 9.78 Å². The van der Waals surface area contributed by atoms with Crippen LogP contribution < -0.4 is 0 Å². The lowest BCUT2D eigenvalue weighted by Crippen LogP contribution is -2.40. The first-order valence-corrected chi connectivity index (χ1v) is 14.1. The van der Waals surface area contributed by atoms with E-state index in [0.717, 1.165) is 51.6 Å². The molecule has 166 valence electrons. The van der Waals surface area contributed by atoms with Crippen LogP contribution >= 0.6 is 0 Å². The van der Waals surface area contributed by atoms with Crippen molar-refractivity contribution in [3.05, 3.63) is 30.1 Å². The number of nitrogens with zero attached hydrogens (tertiary/aromatic N) is 1. The Morgan fingerprint density at radius 2 is 1.86 bits per heavy atom. The highest BCUT2D eigenvalue weighted by atomic mass is 28.4. The van der Waals surface area contributed by atoms with Gasteiger partial charge in [0.2, 0.25) is 0 Å². The summed E-state index contributed by atoms with van der Waals surface area (Å²) in [6, 6.07) is 4.13. The maximum atomic E-state index is 11.9. The average Bonchev–Trinajstić information content (AvgIpc) is 2.66. The highest BCUT2D eigenvalue weighted by molar-refractivity contribution is 6.74.